The maximum Gasteiger partial charge on any atom is 0.265 e. The summed E-state index contributed by atoms with van der Waals surface area (Å²) < 4.78 is 7.20. The number of hydrogen-bond donors (Lipinski definition) is 1. The highest BCUT2D eigenvalue weighted by Crippen LogP contribution is 2.36. The van der Waals surface area contributed by atoms with Crippen LogP contribution in [0.2, 0.25) is 5.02 Å². The molecule has 0 aromatic heterocycles. The Kier molecular flexibility index (Phi) is 6.54. The topological polar surface area (TPSA) is 58.6 Å². The fraction of sp³-hybridized carbons (Fsp3) is 0.105. The van der Waals surface area contributed by atoms with Crippen molar-refractivity contribution in [3.8, 4) is 5.75 Å². The second kappa shape index (κ2) is 8.73. The van der Waals surface area contributed by atoms with E-state index in [0.29, 0.717) is 31.9 Å². The average Bonchev–Trinajstić information content (AvgIpc) is 2.64. The molecule has 28 heavy (non-hydrogen) atoms. The molecule has 9 heteroatoms. The number of likely N-dealkylation sites (N-methyl/N-ethyl adjacent to an activating group) is 1. The van der Waals surface area contributed by atoms with Crippen LogP contribution in [0, 0.1) is 0 Å². The zero-order valence-corrected chi connectivity index (χ0v) is 19.2. The number of carbonyl (C=O) groups is 2. The molecule has 1 saturated heterocycles. The van der Waals surface area contributed by atoms with Gasteiger partial charge < -0.3 is 4.74 Å². The molecule has 0 saturated carbocycles. The molecular formula is C19H13Br2ClN2O3S. The summed E-state index contributed by atoms with van der Waals surface area (Å²) in [6, 6.07) is 10.9. The number of nitrogens with one attached hydrogen (secondary N) is 1. The third-order valence-corrected chi connectivity index (χ3v) is 5.89. The van der Waals surface area contributed by atoms with Gasteiger partial charge in [-0.15, -0.1) is 0 Å². The van der Waals surface area contributed by atoms with E-state index in [9.17, 15) is 9.59 Å². The van der Waals surface area contributed by atoms with Crippen LogP contribution < -0.4 is 10.1 Å². The zero-order valence-electron chi connectivity index (χ0n) is 14.5. The van der Waals surface area contributed by atoms with Crippen LogP contribution >= 0.6 is 55.7 Å². The molecule has 0 atom stereocenters. The largest absolute Gasteiger partial charge is 0.486 e. The van der Waals surface area contributed by atoms with E-state index >= 15 is 0 Å². The fourth-order valence-corrected chi connectivity index (χ4v) is 4.30. The lowest BCUT2D eigenvalue weighted by molar-refractivity contribution is -0.128. The fourth-order valence-electron chi connectivity index (χ4n) is 2.48. The van der Waals surface area contributed by atoms with E-state index in [1.807, 2.05) is 18.2 Å². The number of halogens is 3. The summed E-state index contributed by atoms with van der Waals surface area (Å²) in [5.74, 6) is -0.404. The van der Waals surface area contributed by atoms with Crippen molar-refractivity contribution in [3.63, 3.8) is 0 Å². The number of nitrogens with zero attached hydrogens (tertiary/aromatic N) is 1. The number of benzene rings is 2. The smallest absolute Gasteiger partial charge is 0.265 e. The molecule has 0 spiro atoms. The summed E-state index contributed by atoms with van der Waals surface area (Å²) in [7, 11) is 1.51. The van der Waals surface area contributed by atoms with Gasteiger partial charge in [-0.1, -0.05) is 29.8 Å². The molecule has 0 radical (unpaired) electrons. The van der Waals surface area contributed by atoms with Gasteiger partial charge >= 0.3 is 0 Å². The summed E-state index contributed by atoms with van der Waals surface area (Å²) in [4.78, 5) is 25.7. The lowest BCUT2D eigenvalue weighted by Crippen LogP contribution is -2.52. The highest BCUT2D eigenvalue weighted by atomic mass is 79.9. The van der Waals surface area contributed by atoms with Crippen molar-refractivity contribution in [1.82, 2.24) is 10.2 Å². The first-order valence-electron chi connectivity index (χ1n) is 7.98. The normalized spacial score (nSPS) is 15.8. The van der Waals surface area contributed by atoms with Crippen molar-refractivity contribution in [1.29, 1.82) is 0 Å². The maximum absolute atomic E-state index is 12.3. The number of thiocarbonyl (C=S) groups is 1. The molecule has 5 nitrogen and oxygen atoms in total. The van der Waals surface area contributed by atoms with Crippen LogP contribution in [0.25, 0.3) is 6.08 Å². The highest BCUT2D eigenvalue weighted by Gasteiger charge is 2.30. The van der Waals surface area contributed by atoms with Gasteiger partial charge in [-0.3, -0.25) is 19.8 Å². The minimum atomic E-state index is -0.528. The van der Waals surface area contributed by atoms with Crippen molar-refractivity contribution in [2.24, 2.45) is 0 Å². The Morgan fingerprint density at radius 2 is 1.86 bits per heavy atom. The Morgan fingerprint density at radius 1 is 1.21 bits per heavy atom. The molecule has 1 aliphatic heterocycles. The SMILES string of the molecule is CN1C(=O)/C(=C/c2cc(Br)c(OCc3ccccc3Cl)c(Br)c2)C(=O)NC1=S. The summed E-state index contributed by atoms with van der Waals surface area (Å²) in [6.07, 6.45) is 1.50. The molecule has 0 unspecified atom stereocenters. The van der Waals surface area contributed by atoms with E-state index in [1.165, 1.54) is 18.0 Å². The number of hydrogen-bond acceptors (Lipinski definition) is 4. The van der Waals surface area contributed by atoms with Gasteiger partial charge in [0.2, 0.25) is 0 Å². The van der Waals surface area contributed by atoms with Crippen molar-refractivity contribution >= 4 is 78.7 Å². The predicted molar refractivity (Wildman–Crippen MR) is 119 cm³/mol. The van der Waals surface area contributed by atoms with E-state index < -0.39 is 11.8 Å². The van der Waals surface area contributed by atoms with Crippen molar-refractivity contribution in [2.45, 2.75) is 6.61 Å². The van der Waals surface area contributed by atoms with Gasteiger partial charge in [-0.05, 0) is 73.9 Å². The molecule has 2 aromatic rings. The standard InChI is InChI=1S/C19H13Br2ClN2O3S/c1-24-18(26)12(17(25)23-19(24)28)6-10-7-13(20)16(14(21)8-10)27-9-11-4-2-3-5-15(11)22/h2-8H,9H2,1H3,(H,23,25,28)/b12-6+. The Bertz CT molecular complexity index is 1000. The van der Waals surface area contributed by atoms with Gasteiger partial charge in [0.05, 0.1) is 8.95 Å². The van der Waals surface area contributed by atoms with Crippen LogP contribution in [-0.2, 0) is 16.2 Å². The third-order valence-electron chi connectivity index (χ3n) is 3.97. The monoisotopic (exact) mass is 542 g/mol. The zero-order chi connectivity index (χ0) is 20.4. The second-order valence-corrected chi connectivity index (χ2v) is 8.38. The third kappa shape index (κ3) is 4.46. The molecule has 1 aliphatic rings. The molecule has 0 bridgehead atoms. The Labute approximate surface area is 188 Å². The quantitative estimate of drug-likeness (QED) is 0.345. The first kappa shape index (κ1) is 21.0. The second-order valence-electron chi connectivity index (χ2n) is 5.88. The summed E-state index contributed by atoms with van der Waals surface area (Å²) in [5.41, 5.74) is 1.50. The van der Waals surface area contributed by atoms with E-state index in [2.05, 4.69) is 37.2 Å². The van der Waals surface area contributed by atoms with Gasteiger partial charge in [0.1, 0.15) is 17.9 Å². The first-order valence-corrected chi connectivity index (χ1v) is 10.4. The molecular weight excluding hydrogens is 532 g/mol. The molecule has 1 N–H and O–H groups in total. The van der Waals surface area contributed by atoms with Gasteiger partial charge in [0, 0.05) is 17.6 Å². The van der Waals surface area contributed by atoms with Crippen LogP contribution in [-0.4, -0.2) is 28.9 Å². The van der Waals surface area contributed by atoms with E-state index in [-0.39, 0.29) is 10.7 Å². The van der Waals surface area contributed by atoms with Crippen LogP contribution in [0.1, 0.15) is 11.1 Å². The predicted octanol–water partition coefficient (Wildman–Crippen LogP) is 4.70. The summed E-state index contributed by atoms with van der Waals surface area (Å²) >= 11 is 18.0. The van der Waals surface area contributed by atoms with Gasteiger partial charge in [-0.25, -0.2) is 0 Å². The number of rotatable bonds is 4. The Morgan fingerprint density at radius 3 is 2.50 bits per heavy atom. The molecule has 1 fully saturated rings. The number of ether oxygens (including phenoxy) is 1. The Balaban J connectivity index is 1.86. The molecule has 2 amide bonds. The summed E-state index contributed by atoms with van der Waals surface area (Å²) in [5, 5.41) is 3.19. The van der Waals surface area contributed by atoms with Gasteiger partial charge in [0.15, 0.2) is 5.11 Å². The van der Waals surface area contributed by atoms with Gasteiger partial charge in [-0.2, -0.15) is 0 Å². The van der Waals surface area contributed by atoms with E-state index in [4.69, 9.17) is 28.6 Å². The number of carbonyl (C=O) groups excluding carboxylic acids is 2. The van der Waals surface area contributed by atoms with Crippen LogP contribution in [0.4, 0.5) is 0 Å². The van der Waals surface area contributed by atoms with Crippen LogP contribution in [0.15, 0.2) is 50.9 Å². The minimum absolute atomic E-state index is 0.000337. The molecule has 0 aliphatic carbocycles. The summed E-state index contributed by atoms with van der Waals surface area (Å²) in [6.45, 7) is 0.292. The molecule has 2 aromatic carbocycles. The van der Waals surface area contributed by atoms with Crippen molar-refractivity contribution < 1.29 is 14.3 Å². The Hall–Kier alpha value is -1.74. The molecule has 144 valence electrons. The van der Waals surface area contributed by atoms with Crippen LogP contribution in [0.3, 0.4) is 0 Å². The van der Waals surface area contributed by atoms with Crippen molar-refractivity contribution in [3.05, 3.63) is 67.1 Å². The van der Waals surface area contributed by atoms with Crippen LogP contribution in [0.5, 0.6) is 5.75 Å². The van der Waals surface area contributed by atoms with E-state index in [0.717, 1.165) is 5.56 Å². The number of amides is 2. The van der Waals surface area contributed by atoms with E-state index in [1.54, 1.807) is 18.2 Å². The molecule has 1 heterocycles. The first-order chi connectivity index (χ1) is 13.3. The minimum Gasteiger partial charge on any atom is -0.486 e. The highest BCUT2D eigenvalue weighted by molar-refractivity contribution is 9.11. The van der Waals surface area contributed by atoms with Gasteiger partial charge in [0.25, 0.3) is 11.8 Å². The lowest BCUT2D eigenvalue weighted by atomic mass is 10.1. The molecule has 3 rings (SSSR count). The van der Waals surface area contributed by atoms with Crippen molar-refractivity contribution in [2.75, 3.05) is 7.05 Å². The average molecular weight is 545 g/mol. The lowest BCUT2D eigenvalue weighted by Gasteiger charge is -2.25. The maximum atomic E-state index is 12.3.